The summed E-state index contributed by atoms with van der Waals surface area (Å²) in [6, 6.07) is 0. The smallest absolute Gasteiger partial charge is 0.330 e. The third-order valence-electron chi connectivity index (χ3n) is 8.63. The minimum atomic E-state index is -1.21. The number of Topliss-reactive ketones (excluding diaryl/α,β-unsaturated/α-hetero) is 1. The number of nitrogens with zero attached hydrogens (tertiary/aromatic N) is 1. The van der Waals surface area contributed by atoms with Crippen LogP contribution in [0.15, 0.2) is 11.6 Å². The maximum atomic E-state index is 13.5. The van der Waals surface area contributed by atoms with Gasteiger partial charge < -0.3 is 19.5 Å². The Bertz CT molecular complexity index is 791. The van der Waals surface area contributed by atoms with Gasteiger partial charge in [-0.25, -0.2) is 4.79 Å². The number of fused-ring (bicyclic) bond motifs is 3. The number of hydrogen-bond donors (Lipinski definition) is 1. The summed E-state index contributed by atoms with van der Waals surface area (Å²) in [5.41, 5.74) is -0.307. The van der Waals surface area contributed by atoms with E-state index in [0.717, 1.165) is 24.8 Å². The van der Waals surface area contributed by atoms with Gasteiger partial charge in [-0.3, -0.25) is 9.59 Å². The van der Waals surface area contributed by atoms with E-state index in [0.29, 0.717) is 26.0 Å². The Labute approximate surface area is 191 Å². The minimum Gasteiger partial charge on any atom is -0.469 e. The van der Waals surface area contributed by atoms with Crippen LogP contribution >= 0.6 is 0 Å². The molecular weight excluding hydrogens is 410 g/mol. The predicted molar refractivity (Wildman–Crippen MR) is 120 cm³/mol. The van der Waals surface area contributed by atoms with E-state index >= 15 is 0 Å². The molecule has 3 aliphatic rings. The number of aliphatic hydroxyl groups is 1. The SMILES string of the molecule is COC(=O)[C@@]1(C)CCC[C@]2(C)[C@H]3CCC(=CC(=O)OCCN(C)C)[C@H](C)[C@H]3C(=O)[C@@H](O)[C@@H]21. The molecule has 7 atom stereocenters. The van der Waals surface area contributed by atoms with E-state index in [1.54, 1.807) is 6.08 Å². The number of esters is 2. The van der Waals surface area contributed by atoms with Gasteiger partial charge in [0, 0.05) is 24.5 Å². The lowest BCUT2D eigenvalue weighted by molar-refractivity contribution is -0.198. The zero-order valence-corrected chi connectivity index (χ0v) is 20.3. The monoisotopic (exact) mass is 449 g/mol. The van der Waals surface area contributed by atoms with Crippen LogP contribution in [0.25, 0.3) is 0 Å². The molecule has 3 fully saturated rings. The molecular formula is C25H39NO6. The summed E-state index contributed by atoms with van der Waals surface area (Å²) in [7, 11) is 5.20. The fraction of sp³-hybridized carbons (Fsp3) is 0.800. The van der Waals surface area contributed by atoms with Crippen molar-refractivity contribution in [1.82, 2.24) is 4.90 Å². The van der Waals surface area contributed by atoms with Gasteiger partial charge >= 0.3 is 11.9 Å². The molecule has 0 radical (unpaired) electrons. The summed E-state index contributed by atoms with van der Waals surface area (Å²) < 4.78 is 10.4. The van der Waals surface area contributed by atoms with Crippen molar-refractivity contribution >= 4 is 17.7 Å². The van der Waals surface area contributed by atoms with E-state index in [1.165, 1.54) is 7.11 Å². The molecule has 0 bridgehead atoms. The number of ether oxygens (including phenoxy) is 2. The number of likely N-dealkylation sites (N-methyl/N-ethyl adjacent to an activating group) is 1. The van der Waals surface area contributed by atoms with Gasteiger partial charge in [-0.2, -0.15) is 0 Å². The molecule has 7 nitrogen and oxygen atoms in total. The quantitative estimate of drug-likeness (QED) is 0.509. The van der Waals surface area contributed by atoms with Crippen molar-refractivity contribution in [3.8, 4) is 0 Å². The maximum Gasteiger partial charge on any atom is 0.330 e. The second-order valence-electron chi connectivity index (χ2n) is 10.7. The van der Waals surface area contributed by atoms with E-state index in [4.69, 9.17) is 9.47 Å². The molecule has 0 saturated heterocycles. The Morgan fingerprint density at radius 2 is 1.94 bits per heavy atom. The first-order valence-corrected chi connectivity index (χ1v) is 11.8. The second kappa shape index (κ2) is 9.26. The molecule has 0 heterocycles. The van der Waals surface area contributed by atoms with Crippen molar-refractivity contribution in [2.75, 3.05) is 34.4 Å². The molecule has 0 spiro atoms. The molecule has 0 unspecified atom stereocenters. The third-order valence-corrected chi connectivity index (χ3v) is 8.63. The van der Waals surface area contributed by atoms with Crippen molar-refractivity contribution in [3.63, 3.8) is 0 Å². The van der Waals surface area contributed by atoms with Crippen molar-refractivity contribution < 1.29 is 29.0 Å². The predicted octanol–water partition coefficient (Wildman–Crippen LogP) is 2.61. The number of ketones is 1. The molecule has 0 aliphatic heterocycles. The molecule has 32 heavy (non-hydrogen) atoms. The highest BCUT2D eigenvalue weighted by atomic mass is 16.5. The van der Waals surface area contributed by atoms with Gasteiger partial charge in [0.2, 0.25) is 0 Å². The van der Waals surface area contributed by atoms with E-state index in [9.17, 15) is 19.5 Å². The van der Waals surface area contributed by atoms with Crippen LogP contribution in [-0.2, 0) is 23.9 Å². The molecule has 180 valence electrons. The Morgan fingerprint density at radius 3 is 2.56 bits per heavy atom. The number of allylic oxidation sites excluding steroid dienone is 1. The molecule has 0 aromatic rings. The summed E-state index contributed by atoms with van der Waals surface area (Å²) in [5, 5.41) is 11.2. The summed E-state index contributed by atoms with van der Waals surface area (Å²) in [6.45, 7) is 6.94. The number of carbonyl (C=O) groups excluding carboxylic acids is 3. The Morgan fingerprint density at radius 1 is 1.25 bits per heavy atom. The standard InChI is InChI=1S/C25H39NO6/c1-15-16(14-18(27)32-13-12-26(4)5)8-9-17-19(15)20(28)21(29)22-24(17,2)10-7-11-25(22,3)23(30)31-6/h14-15,17,19,21-22,29H,7-13H2,1-6H3/t15-,17-,19+,21+,22-,24+,25-/m0/s1. The Balaban J connectivity index is 1.87. The van der Waals surface area contributed by atoms with Crippen LogP contribution in [0.2, 0.25) is 0 Å². The van der Waals surface area contributed by atoms with Gasteiger partial charge in [-0.15, -0.1) is 0 Å². The lowest BCUT2D eigenvalue weighted by Crippen LogP contribution is -2.65. The summed E-state index contributed by atoms with van der Waals surface area (Å²) in [6.07, 6.45) is 4.15. The highest BCUT2D eigenvalue weighted by molar-refractivity contribution is 5.90. The number of aliphatic hydroxyl groups excluding tert-OH is 1. The number of rotatable bonds is 5. The van der Waals surface area contributed by atoms with Gasteiger partial charge in [-0.05, 0) is 64.0 Å². The summed E-state index contributed by atoms with van der Waals surface area (Å²) >= 11 is 0. The first-order chi connectivity index (χ1) is 15.0. The zero-order chi connectivity index (χ0) is 23.8. The molecule has 3 saturated carbocycles. The molecule has 3 rings (SSSR count). The molecule has 0 aromatic carbocycles. The van der Waals surface area contributed by atoms with Crippen LogP contribution in [0.5, 0.6) is 0 Å². The molecule has 3 aliphatic carbocycles. The highest BCUT2D eigenvalue weighted by Crippen LogP contribution is 2.64. The van der Waals surface area contributed by atoms with E-state index < -0.39 is 17.4 Å². The van der Waals surface area contributed by atoms with Gasteiger partial charge in [0.1, 0.15) is 12.7 Å². The zero-order valence-electron chi connectivity index (χ0n) is 20.3. The van der Waals surface area contributed by atoms with E-state index in [2.05, 4.69) is 6.92 Å². The van der Waals surface area contributed by atoms with Crippen LogP contribution in [0.3, 0.4) is 0 Å². The van der Waals surface area contributed by atoms with Gasteiger partial charge in [-0.1, -0.05) is 25.8 Å². The van der Waals surface area contributed by atoms with Crippen LogP contribution in [0.4, 0.5) is 0 Å². The molecule has 1 N–H and O–H groups in total. The highest BCUT2D eigenvalue weighted by Gasteiger charge is 2.66. The van der Waals surface area contributed by atoms with Crippen molar-refractivity contribution in [2.45, 2.75) is 59.0 Å². The van der Waals surface area contributed by atoms with Crippen molar-refractivity contribution in [1.29, 1.82) is 0 Å². The maximum absolute atomic E-state index is 13.5. The Hall–Kier alpha value is -1.73. The molecule has 7 heteroatoms. The van der Waals surface area contributed by atoms with Gasteiger partial charge in [0.15, 0.2) is 5.78 Å². The minimum absolute atomic E-state index is 0.0598. The van der Waals surface area contributed by atoms with Crippen molar-refractivity contribution in [3.05, 3.63) is 11.6 Å². The second-order valence-corrected chi connectivity index (χ2v) is 10.7. The van der Waals surface area contributed by atoms with E-state index in [1.807, 2.05) is 32.8 Å². The summed E-state index contributed by atoms with van der Waals surface area (Å²) in [4.78, 5) is 40.5. The van der Waals surface area contributed by atoms with Crippen molar-refractivity contribution in [2.24, 2.45) is 34.5 Å². The average molecular weight is 450 g/mol. The normalized spacial score (nSPS) is 40.6. The largest absolute Gasteiger partial charge is 0.469 e. The first kappa shape index (κ1) is 24.9. The van der Waals surface area contributed by atoms with Gasteiger partial charge in [0.25, 0.3) is 0 Å². The van der Waals surface area contributed by atoms with Crippen LogP contribution in [0.1, 0.15) is 52.9 Å². The first-order valence-electron chi connectivity index (χ1n) is 11.8. The fourth-order valence-electron chi connectivity index (χ4n) is 7.04. The third kappa shape index (κ3) is 4.14. The topological polar surface area (TPSA) is 93.1 Å². The molecule has 0 amide bonds. The van der Waals surface area contributed by atoms with Gasteiger partial charge in [0.05, 0.1) is 12.5 Å². The lowest BCUT2D eigenvalue weighted by atomic mass is 9.42. The summed E-state index contributed by atoms with van der Waals surface area (Å²) in [5.74, 6) is -1.83. The van der Waals surface area contributed by atoms with Crippen LogP contribution < -0.4 is 0 Å². The van der Waals surface area contributed by atoms with Crippen LogP contribution in [-0.4, -0.2) is 68.2 Å². The van der Waals surface area contributed by atoms with Crippen LogP contribution in [0, 0.1) is 34.5 Å². The average Bonchev–Trinajstić information content (AvgIpc) is 2.72. The fourth-order valence-corrected chi connectivity index (χ4v) is 7.04. The number of methoxy groups -OCH3 is 1. The van der Waals surface area contributed by atoms with E-state index in [-0.39, 0.29) is 40.9 Å². The molecule has 0 aromatic heterocycles. The Kier molecular flexibility index (Phi) is 7.20. The number of hydrogen-bond acceptors (Lipinski definition) is 7. The lowest BCUT2D eigenvalue weighted by Gasteiger charge is -2.61. The number of carbonyl (C=O) groups is 3.